The van der Waals surface area contributed by atoms with Gasteiger partial charge in [0.1, 0.15) is 0 Å². The van der Waals surface area contributed by atoms with Gasteiger partial charge in [-0.1, -0.05) is 17.7 Å². The third kappa shape index (κ3) is 3.17. The van der Waals surface area contributed by atoms with E-state index in [-0.39, 0.29) is 11.6 Å². The Morgan fingerprint density at radius 2 is 1.75 bits per heavy atom. The standard InChI is InChI=1S/C18H15F2N3O/c1-11-3-6-13(7-4-11)21-18(24)16-10-17(23(2)22-16)12-5-8-14(19)15(20)9-12/h3-10H,1-2H3,(H,21,24). The molecule has 1 N–H and O–H groups in total. The lowest BCUT2D eigenvalue weighted by atomic mass is 10.1. The third-order valence-electron chi connectivity index (χ3n) is 3.64. The summed E-state index contributed by atoms with van der Waals surface area (Å²) < 4.78 is 27.9. The molecule has 0 atom stereocenters. The zero-order chi connectivity index (χ0) is 17.3. The summed E-state index contributed by atoms with van der Waals surface area (Å²) >= 11 is 0. The number of halogens is 2. The molecule has 1 amide bonds. The van der Waals surface area contributed by atoms with E-state index in [4.69, 9.17) is 0 Å². The van der Waals surface area contributed by atoms with Crippen LogP contribution < -0.4 is 5.32 Å². The maximum atomic E-state index is 13.4. The Morgan fingerprint density at radius 3 is 2.42 bits per heavy atom. The van der Waals surface area contributed by atoms with Gasteiger partial charge in [-0.25, -0.2) is 8.78 Å². The molecule has 0 saturated carbocycles. The number of aromatic nitrogens is 2. The SMILES string of the molecule is Cc1ccc(NC(=O)c2cc(-c3ccc(F)c(F)c3)n(C)n2)cc1. The highest BCUT2D eigenvalue weighted by Crippen LogP contribution is 2.22. The lowest BCUT2D eigenvalue weighted by Gasteiger charge is -2.02. The van der Waals surface area contributed by atoms with Crippen LogP contribution in [0.15, 0.2) is 48.5 Å². The van der Waals surface area contributed by atoms with Crippen molar-refractivity contribution in [1.82, 2.24) is 9.78 Å². The number of hydrogen-bond acceptors (Lipinski definition) is 2. The van der Waals surface area contributed by atoms with Crippen LogP contribution in [0.5, 0.6) is 0 Å². The normalized spacial score (nSPS) is 10.7. The molecule has 3 rings (SSSR count). The first kappa shape index (κ1) is 15.9. The van der Waals surface area contributed by atoms with Gasteiger partial charge in [-0.15, -0.1) is 0 Å². The van der Waals surface area contributed by atoms with E-state index < -0.39 is 11.6 Å². The molecule has 1 heterocycles. The van der Waals surface area contributed by atoms with Crippen molar-refractivity contribution in [3.63, 3.8) is 0 Å². The summed E-state index contributed by atoms with van der Waals surface area (Å²) in [6.45, 7) is 1.96. The van der Waals surface area contributed by atoms with Crippen molar-refractivity contribution in [3.8, 4) is 11.3 Å². The van der Waals surface area contributed by atoms with Crippen LogP contribution in [-0.2, 0) is 7.05 Å². The molecule has 0 aliphatic rings. The first-order valence-electron chi connectivity index (χ1n) is 7.31. The third-order valence-corrected chi connectivity index (χ3v) is 3.64. The smallest absolute Gasteiger partial charge is 0.276 e. The van der Waals surface area contributed by atoms with Crippen molar-refractivity contribution in [1.29, 1.82) is 0 Å². The van der Waals surface area contributed by atoms with Gasteiger partial charge in [-0.3, -0.25) is 9.48 Å². The molecule has 2 aromatic carbocycles. The molecule has 3 aromatic rings. The molecule has 0 saturated heterocycles. The lowest BCUT2D eigenvalue weighted by molar-refractivity contribution is 0.102. The first-order chi connectivity index (χ1) is 11.4. The Bertz CT molecular complexity index is 901. The van der Waals surface area contributed by atoms with Crippen LogP contribution in [0.25, 0.3) is 11.3 Å². The highest BCUT2D eigenvalue weighted by molar-refractivity contribution is 6.03. The monoisotopic (exact) mass is 327 g/mol. The molecule has 0 aliphatic heterocycles. The minimum Gasteiger partial charge on any atom is -0.321 e. The first-order valence-corrected chi connectivity index (χ1v) is 7.31. The van der Waals surface area contributed by atoms with Crippen molar-refractivity contribution in [2.75, 3.05) is 5.32 Å². The van der Waals surface area contributed by atoms with E-state index in [1.807, 2.05) is 19.1 Å². The fourth-order valence-corrected chi connectivity index (χ4v) is 2.34. The number of benzene rings is 2. The van der Waals surface area contributed by atoms with E-state index in [1.165, 1.54) is 16.8 Å². The minimum atomic E-state index is -0.945. The second-order valence-corrected chi connectivity index (χ2v) is 5.49. The van der Waals surface area contributed by atoms with Crippen molar-refractivity contribution >= 4 is 11.6 Å². The van der Waals surface area contributed by atoms with Gasteiger partial charge in [-0.2, -0.15) is 5.10 Å². The molecule has 1 aromatic heterocycles. The number of nitrogens with zero attached hydrogens (tertiary/aromatic N) is 2. The number of aryl methyl sites for hydroxylation is 2. The van der Waals surface area contributed by atoms with Crippen LogP contribution in [0.1, 0.15) is 16.1 Å². The van der Waals surface area contributed by atoms with Gasteiger partial charge in [0, 0.05) is 18.3 Å². The topological polar surface area (TPSA) is 46.9 Å². The van der Waals surface area contributed by atoms with E-state index in [2.05, 4.69) is 10.4 Å². The Kier molecular flexibility index (Phi) is 4.12. The predicted molar refractivity (Wildman–Crippen MR) is 87.7 cm³/mol. The molecule has 0 aliphatic carbocycles. The van der Waals surface area contributed by atoms with E-state index in [9.17, 15) is 13.6 Å². The minimum absolute atomic E-state index is 0.192. The zero-order valence-electron chi connectivity index (χ0n) is 13.2. The molecule has 4 nitrogen and oxygen atoms in total. The molecule has 24 heavy (non-hydrogen) atoms. The molecule has 6 heteroatoms. The van der Waals surface area contributed by atoms with E-state index in [1.54, 1.807) is 19.2 Å². The highest BCUT2D eigenvalue weighted by Gasteiger charge is 2.15. The number of amides is 1. The predicted octanol–water partition coefficient (Wildman–Crippen LogP) is 3.93. The van der Waals surface area contributed by atoms with Gasteiger partial charge in [0.2, 0.25) is 0 Å². The molecule has 0 bridgehead atoms. The van der Waals surface area contributed by atoms with Crippen LogP contribution in [0.2, 0.25) is 0 Å². The van der Waals surface area contributed by atoms with Crippen LogP contribution in [0.3, 0.4) is 0 Å². The molecule has 0 fully saturated rings. The summed E-state index contributed by atoms with van der Waals surface area (Å²) in [5, 5.41) is 6.89. The molecule has 0 spiro atoms. The fourth-order valence-electron chi connectivity index (χ4n) is 2.34. The second-order valence-electron chi connectivity index (χ2n) is 5.49. The maximum Gasteiger partial charge on any atom is 0.276 e. The Labute approximate surface area is 137 Å². The molecular formula is C18H15F2N3O. The summed E-state index contributed by atoms with van der Waals surface area (Å²) in [5.74, 6) is -2.24. The van der Waals surface area contributed by atoms with Crippen LogP contribution >= 0.6 is 0 Å². The van der Waals surface area contributed by atoms with Crippen molar-refractivity contribution in [3.05, 3.63) is 71.4 Å². The van der Waals surface area contributed by atoms with Gasteiger partial charge in [0.15, 0.2) is 17.3 Å². The van der Waals surface area contributed by atoms with Crippen LogP contribution in [0.4, 0.5) is 14.5 Å². The van der Waals surface area contributed by atoms with Crippen molar-refractivity contribution in [2.24, 2.45) is 7.05 Å². The molecule has 122 valence electrons. The molecule has 0 radical (unpaired) electrons. The number of rotatable bonds is 3. The summed E-state index contributed by atoms with van der Waals surface area (Å²) in [6, 6.07) is 12.5. The van der Waals surface area contributed by atoms with Gasteiger partial charge in [0.25, 0.3) is 5.91 Å². The number of hydrogen-bond donors (Lipinski definition) is 1. The highest BCUT2D eigenvalue weighted by atomic mass is 19.2. The van der Waals surface area contributed by atoms with Crippen LogP contribution in [0, 0.1) is 18.6 Å². The van der Waals surface area contributed by atoms with Gasteiger partial charge in [0.05, 0.1) is 5.69 Å². The quantitative estimate of drug-likeness (QED) is 0.792. The molecule has 0 unspecified atom stereocenters. The van der Waals surface area contributed by atoms with E-state index in [0.717, 1.165) is 17.7 Å². The zero-order valence-corrected chi connectivity index (χ0v) is 13.2. The van der Waals surface area contributed by atoms with Crippen molar-refractivity contribution in [2.45, 2.75) is 6.92 Å². The van der Waals surface area contributed by atoms with E-state index >= 15 is 0 Å². The number of carbonyl (C=O) groups is 1. The fraction of sp³-hybridized carbons (Fsp3) is 0.111. The van der Waals surface area contributed by atoms with Gasteiger partial charge >= 0.3 is 0 Å². The van der Waals surface area contributed by atoms with Crippen LogP contribution in [-0.4, -0.2) is 15.7 Å². The maximum absolute atomic E-state index is 13.4. The number of anilines is 1. The van der Waals surface area contributed by atoms with Gasteiger partial charge < -0.3 is 5.32 Å². The Balaban J connectivity index is 1.86. The Hall–Kier alpha value is -3.02. The number of carbonyl (C=O) groups excluding carboxylic acids is 1. The number of nitrogens with one attached hydrogen (secondary N) is 1. The molecular weight excluding hydrogens is 312 g/mol. The van der Waals surface area contributed by atoms with Crippen molar-refractivity contribution < 1.29 is 13.6 Å². The summed E-state index contributed by atoms with van der Waals surface area (Å²) in [6.07, 6.45) is 0. The average Bonchev–Trinajstić information content (AvgIpc) is 2.94. The van der Waals surface area contributed by atoms with Gasteiger partial charge in [-0.05, 0) is 43.3 Å². The summed E-state index contributed by atoms with van der Waals surface area (Å²) in [5.41, 5.74) is 2.90. The lowest BCUT2D eigenvalue weighted by Crippen LogP contribution is -2.12. The van der Waals surface area contributed by atoms with E-state index in [0.29, 0.717) is 16.9 Å². The Morgan fingerprint density at radius 1 is 1.04 bits per heavy atom. The average molecular weight is 327 g/mol. The summed E-state index contributed by atoms with van der Waals surface area (Å²) in [4.78, 5) is 12.3. The largest absolute Gasteiger partial charge is 0.321 e. The summed E-state index contributed by atoms with van der Waals surface area (Å²) in [7, 11) is 1.64. The second kappa shape index (κ2) is 6.23.